The molecule has 0 spiro atoms. The zero-order chi connectivity index (χ0) is 16.1. The Morgan fingerprint density at radius 1 is 1.05 bits per heavy atom. The third kappa shape index (κ3) is 2.27. The molecule has 0 radical (unpaired) electrons. The van der Waals surface area contributed by atoms with Crippen molar-refractivity contribution in [3.05, 3.63) is 58.6 Å². The molecule has 0 atom stereocenters. The molecule has 0 bridgehead atoms. The average Bonchev–Trinajstić information content (AvgIpc) is 2.44. The lowest BCUT2D eigenvalue weighted by molar-refractivity contribution is -0.136. The second-order valence-corrected chi connectivity index (χ2v) is 5.26. The average molecular weight is 325 g/mol. The van der Waals surface area contributed by atoms with Crippen LogP contribution in [0.4, 0.5) is 13.2 Å². The summed E-state index contributed by atoms with van der Waals surface area (Å²) in [5.74, 6) is -1.22. The standard InChI is InChI=1S/C16H8ClF3O2/c17-9-4-5-10-11(7-9)12(15(21)22)6-8-2-1-3-13(14(8)10)16(18,19)20/h1-7H,(H,21,22). The summed E-state index contributed by atoms with van der Waals surface area (Å²) < 4.78 is 39.7. The summed E-state index contributed by atoms with van der Waals surface area (Å²) in [7, 11) is 0. The molecule has 1 N–H and O–H groups in total. The number of alkyl halides is 3. The SMILES string of the molecule is O=C(O)c1cc2cccc(C(F)(F)F)c2c2ccc(Cl)cc12. The molecule has 0 amide bonds. The van der Waals surface area contributed by atoms with Crippen LogP contribution in [0, 0.1) is 0 Å². The van der Waals surface area contributed by atoms with Crippen LogP contribution in [-0.2, 0) is 6.18 Å². The van der Waals surface area contributed by atoms with E-state index in [0.717, 1.165) is 6.07 Å². The van der Waals surface area contributed by atoms with Crippen molar-refractivity contribution < 1.29 is 23.1 Å². The largest absolute Gasteiger partial charge is 0.478 e. The van der Waals surface area contributed by atoms with E-state index in [2.05, 4.69) is 0 Å². The zero-order valence-corrected chi connectivity index (χ0v) is 11.7. The van der Waals surface area contributed by atoms with E-state index in [-0.39, 0.29) is 32.1 Å². The van der Waals surface area contributed by atoms with E-state index in [1.54, 1.807) is 0 Å². The lowest BCUT2D eigenvalue weighted by Gasteiger charge is -2.14. The van der Waals surface area contributed by atoms with Crippen LogP contribution in [0.25, 0.3) is 21.5 Å². The fourth-order valence-electron chi connectivity index (χ4n) is 2.59. The van der Waals surface area contributed by atoms with E-state index in [1.165, 1.54) is 36.4 Å². The van der Waals surface area contributed by atoms with Crippen molar-refractivity contribution in [2.24, 2.45) is 0 Å². The smallest absolute Gasteiger partial charge is 0.417 e. The van der Waals surface area contributed by atoms with Crippen LogP contribution in [0.2, 0.25) is 5.02 Å². The lowest BCUT2D eigenvalue weighted by atomic mass is 9.94. The van der Waals surface area contributed by atoms with Crippen LogP contribution in [0.15, 0.2) is 42.5 Å². The minimum Gasteiger partial charge on any atom is -0.478 e. The van der Waals surface area contributed by atoms with Crippen LogP contribution in [0.1, 0.15) is 15.9 Å². The fourth-order valence-corrected chi connectivity index (χ4v) is 2.77. The molecule has 0 aliphatic heterocycles. The van der Waals surface area contributed by atoms with Gasteiger partial charge in [0.1, 0.15) is 0 Å². The van der Waals surface area contributed by atoms with Gasteiger partial charge in [-0.05, 0) is 40.4 Å². The van der Waals surface area contributed by atoms with Gasteiger partial charge in [0, 0.05) is 10.4 Å². The molecule has 0 aromatic heterocycles. The Morgan fingerprint density at radius 2 is 1.77 bits per heavy atom. The molecular formula is C16H8ClF3O2. The second kappa shape index (κ2) is 4.88. The predicted molar refractivity (Wildman–Crippen MR) is 78.4 cm³/mol. The van der Waals surface area contributed by atoms with Crippen molar-refractivity contribution in [3.8, 4) is 0 Å². The summed E-state index contributed by atoms with van der Waals surface area (Å²) in [6, 6.07) is 9.18. The first-order chi connectivity index (χ1) is 10.3. The Hall–Kier alpha value is -2.27. The van der Waals surface area contributed by atoms with Gasteiger partial charge in [0.25, 0.3) is 0 Å². The number of hydrogen-bond acceptors (Lipinski definition) is 1. The number of carboxylic acids is 1. The number of carboxylic acid groups (broad SMARTS) is 1. The molecule has 22 heavy (non-hydrogen) atoms. The monoisotopic (exact) mass is 324 g/mol. The number of fused-ring (bicyclic) bond motifs is 3. The van der Waals surface area contributed by atoms with E-state index in [9.17, 15) is 23.1 Å². The minimum absolute atomic E-state index is 0.0216. The number of rotatable bonds is 1. The maximum Gasteiger partial charge on any atom is 0.417 e. The summed E-state index contributed by atoms with van der Waals surface area (Å²) in [6.07, 6.45) is -4.53. The van der Waals surface area contributed by atoms with Gasteiger partial charge in [0.15, 0.2) is 0 Å². The predicted octanol–water partition coefficient (Wildman–Crippen LogP) is 5.36. The normalized spacial score (nSPS) is 12.0. The van der Waals surface area contributed by atoms with Crippen molar-refractivity contribution in [1.82, 2.24) is 0 Å². The molecule has 0 saturated carbocycles. The van der Waals surface area contributed by atoms with Crippen LogP contribution < -0.4 is 0 Å². The quantitative estimate of drug-likeness (QED) is 0.611. The van der Waals surface area contributed by atoms with Gasteiger partial charge in [-0.3, -0.25) is 0 Å². The number of aromatic carboxylic acids is 1. The van der Waals surface area contributed by atoms with Crippen LogP contribution in [0.5, 0.6) is 0 Å². The third-order valence-corrected chi connectivity index (χ3v) is 3.71. The number of benzene rings is 3. The molecule has 0 heterocycles. The molecule has 0 unspecified atom stereocenters. The van der Waals surface area contributed by atoms with Gasteiger partial charge in [-0.15, -0.1) is 0 Å². The first-order valence-electron chi connectivity index (χ1n) is 6.24. The Labute approximate surface area is 127 Å². The van der Waals surface area contributed by atoms with Crippen LogP contribution in [0.3, 0.4) is 0 Å². The molecule has 3 aromatic rings. The number of hydrogen-bond donors (Lipinski definition) is 1. The molecule has 2 nitrogen and oxygen atoms in total. The van der Waals surface area contributed by atoms with Gasteiger partial charge >= 0.3 is 12.1 Å². The molecule has 0 saturated heterocycles. The van der Waals surface area contributed by atoms with E-state index >= 15 is 0 Å². The summed E-state index contributed by atoms with van der Waals surface area (Å²) >= 11 is 5.86. The highest BCUT2D eigenvalue weighted by Gasteiger charge is 2.33. The Bertz CT molecular complexity index is 917. The summed E-state index contributed by atoms with van der Waals surface area (Å²) in [6.45, 7) is 0. The molecule has 0 fully saturated rings. The van der Waals surface area contributed by atoms with Crippen LogP contribution in [-0.4, -0.2) is 11.1 Å². The Kier molecular flexibility index (Phi) is 3.25. The van der Waals surface area contributed by atoms with E-state index in [4.69, 9.17) is 11.6 Å². The van der Waals surface area contributed by atoms with Gasteiger partial charge < -0.3 is 5.11 Å². The van der Waals surface area contributed by atoms with Gasteiger partial charge in [-0.1, -0.05) is 29.8 Å². The molecule has 3 rings (SSSR count). The van der Waals surface area contributed by atoms with Crippen molar-refractivity contribution in [2.45, 2.75) is 6.18 Å². The third-order valence-electron chi connectivity index (χ3n) is 3.47. The highest BCUT2D eigenvalue weighted by molar-refractivity contribution is 6.32. The highest BCUT2D eigenvalue weighted by atomic mass is 35.5. The Morgan fingerprint density at radius 3 is 2.41 bits per heavy atom. The number of halogens is 4. The zero-order valence-electron chi connectivity index (χ0n) is 10.9. The molecule has 112 valence electrons. The minimum atomic E-state index is -4.53. The van der Waals surface area contributed by atoms with E-state index < -0.39 is 17.7 Å². The number of carbonyl (C=O) groups is 1. The summed E-state index contributed by atoms with van der Waals surface area (Å²) in [4.78, 5) is 11.4. The van der Waals surface area contributed by atoms with Gasteiger partial charge in [-0.2, -0.15) is 13.2 Å². The maximum atomic E-state index is 13.2. The van der Waals surface area contributed by atoms with Crippen LogP contribution >= 0.6 is 11.6 Å². The van der Waals surface area contributed by atoms with Gasteiger partial charge in [-0.25, -0.2) is 4.79 Å². The van der Waals surface area contributed by atoms with Crippen molar-refractivity contribution in [2.75, 3.05) is 0 Å². The van der Waals surface area contributed by atoms with E-state index in [0.29, 0.717) is 0 Å². The second-order valence-electron chi connectivity index (χ2n) is 4.82. The molecule has 0 aliphatic carbocycles. The molecule has 3 aromatic carbocycles. The lowest BCUT2D eigenvalue weighted by Crippen LogP contribution is -2.07. The first kappa shape index (κ1) is 14.7. The van der Waals surface area contributed by atoms with Gasteiger partial charge in [0.2, 0.25) is 0 Å². The summed E-state index contributed by atoms with van der Waals surface area (Å²) in [5.41, 5.74) is -0.876. The van der Waals surface area contributed by atoms with Crippen molar-refractivity contribution >= 4 is 39.1 Å². The Balaban J connectivity index is 2.59. The summed E-state index contributed by atoms with van der Waals surface area (Å²) in [5, 5.41) is 10.2. The molecule has 0 aliphatic rings. The maximum absolute atomic E-state index is 13.2. The molecular weight excluding hydrogens is 317 g/mol. The van der Waals surface area contributed by atoms with Crippen molar-refractivity contribution in [3.63, 3.8) is 0 Å². The molecule has 6 heteroatoms. The topological polar surface area (TPSA) is 37.3 Å². The first-order valence-corrected chi connectivity index (χ1v) is 6.62. The highest BCUT2D eigenvalue weighted by Crippen LogP contribution is 2.39. The van der Waals surface area contributed by atoms with Gasteiger partial charge in [0.05, 0.1) is 11.1 Å². The van der Waals surface area contributed by atoms with E-state index in [1.807, 2.05) is 0 Å². The van der Waals surface area contributed by atoms with Crippen molar-refractivity contribution in [1.29, 1.82) is 0 Å². The fraction of sp³-hybridized carbons (Fsp3) is 0.0625.